The van der Waals surface area contributed by atoms with Crippen molar-refractivity contribution < 1.29 is 8.42 Å². The highest BCUT2D eigenvalue weighted by molar-refractivity contribution is 9.10. The van der Waals surface area contributed by atoms with Crippen LogP contribution in [-0.2, 0) is 10.0 Å². The van der Waals surface area contributed by atoms with Gasteiger partial charge in [0.15, 0.2) is 0 Å². The summed E-state index contributed by atoms with van der Waals surface area (Å²) < 4.78 is 27.2. The lowest BCUT2D eigenvalue weighted by Gasteiger charge is -2.12. The first-order valence-corrected chi connectivity index (χ1v) is 9.15. The van der Waals surface area contributed by atoms with Gasteiger partial charge in [-0.1, -0.05) is 34.5 Å². The van der Waals surface area contributed by atoms with Gasteiger partial charge < -0.3 is 0 Å². The van der Waals surface area contributed by atoms with Crippen LogP contribution >= 0.6 is 43.5 Å². The van der Waals surface area contributed by atoms with Crippen molar-refractivity contribution in [3.63, 3.8) is 0 Å². The Morgan fingerprint density at radius 1 is 1.44 bits per heavy atom. The molecule has 0 fully saturated rings. The van der Waals surface area contributed by atoms with E-state index in [9.17, 15) is 8.42 Å². The summed E-state index contributed by atoms with van der Waals surface area (Å²) in [5.41, 5.74) is 0. The van der Waals surface area contributed by atoms with Crippen molar-refractivity contribution in [1.29, 1.82) is 0 Å². The number of halogens is 3. The van der Waals surface area contributed by atoms with Crippen LogP contribution in [0.2, 0.25) is 5.02 Å². The van der Waals surface area contributed by atoms with E-state index in [0.717, 1.165) is 11.8 Å². The molecule has 0 aliphatic rings. The highest BCUT2D eigenvalue weighted by Gasteiger charge is 2.16. The molecule has 0 heterocycles. The first-order valence-electron chi connectivity index (χ1n) is 5.37. The summed E-state index contributed by atoms with van der Waals surface area (Å²) in [6, 6.07) is 4.55. The Labute approximate surface area is 130 Å². The topological polar surface area (TPSA) is 46.2 Å². The Kier molecular flexibility index (Phi) is 6.61. The number of hydrogen-bond donors (Lipinski definition) is 1. The van der Waals surface area contributed by atoms with Crippen LogP contribution in [0.1, 0.15) is 13.3 Å². The smallest absolute Gasteiger partial charge is 0.211 e. The fourth-order valence-electron chi connectivity index (χ4n) is 1.27. The lowest BCUT2D eigenvalue weighted by molar-refractivity contribution is 0.532. The Balaban J connectivity index is 2.77. The fourth-order valence-corrected chi connectivity index (χ4v) is 3.89. The molecule has 1 aromatic carbocycles. The van der Waals surface area contributed by atoms with Crippen molar-refractivity contribution in [3.8, 4) is 0 Å². The summed E-state index contributed by atoms with van der Waals surface area (Å²) >= 11 is 12.4. The van der Waals surface area contributed by atoms with E-state index < -0.39 is 10.0 Å². The average Bonchev–Trinajstić information content (AvgIpc) is 2.30. The highest BCUT2D eigenvalue weighted by atomic mass is 79.9. The zero-order valence-electron chi connectivity index (χ0n) is 9.79. The first kappa shape index (κ1) is 16.4. The third-order valence-electron chi connectivity index (χ3n) is 2.43. The van der Waals surface area contributed by atoms with Crippen LogP contribution in [0, 0.1) is 5.92 Å². The maximum atomic E-state index is 12.0. The van der Waals surface area contributed by atoms with E-state index in [0.29, 0.717) is 16.0 Å². The molecule has 7 heteroatoms. The number of nitrogens with one attached hydrogen (secondary N) is 1. The van der Waals surface area contributed by atoms with E-state index in [1.807, 2.05) is 6.92 Å². The van der Waals surface area contributed by atoms with Gasteiger partial charge in [-0.3, -0.25) is 0 Å². The molecule has 0 aromatic heterocycles. The summed E-state index contributed by atoms with van der Waals surface area (Å²) in [5.74, 6) is 0.287. The Bertz CT molecular complexity index is 508. The Morgan fingerprint density at radius 3 is 2.67 bits per heavy atom. The van der Waals surface area contributed by atoms with E-state index in [-0.39, 0.29) is 10.8 Å². The molecule has 1 aromatic rings. The van der Waals surface area contributed by atoms with E-state index in [2.05, 4.69) is 36.6 Å². The highest BCUT2D eigenvalue weighted by Crippen LogP contribution is 2.25. The second kappa shape index (κ2) is 7.24. The molecule has 0 aliphatic heterocycles. The van der Waals surface area contributed by atoms with Crippen molar-refractivity contribution >= 4 is 53.5 Å². The zero-order chi connectivity index (χ0) is 13.8. The molecule has 3 nitrogen and oxygen atoms in total. The van der Waals surface area contributed by atoms with Crippen molar-refractivity contribution in [3.05, 3.63) is 27.7 Å². The number of sulfonamides is 1. The minimum atomic E-state index is -3.47. The van der Waals surface area contributed by atoms with Gasteiger partial charge in [0, 0.05) is 16.3 Å². The lowest BCUT2D eigenvalue weighted by atomic mass is 10.1. The van der Waals surface area contributed by atoms with Gasteiger partial charge in [-0.25, -0.2) is 13.1 Å². The molecule has 0 saturated carbocycles. The van der Waals surface area contributed by atoms with E-state index >= 15 is 0 Å². The fraction of sp³-hybridized carbons (Fsp3) is 0.455. The van der Waals surface area contributed by atoms with Crippen molar-refractivity contribution in [1.82, 2.24) is 4.72 Å². The average molecular weight is 420 g/mol. The molecular formula is C11H14Br2ClNO2S. The first-order chi connectivity index (χ1) is 8.36. The molecule has 1 rings (SSSR count). The van der Waals surface area contributed by atoms with Gasteiger partial charge >= 0.3 is 0 Å². The predicted octanol–water partition coefficient (Wildman–Crippen LogP) is 3.80. The molecular weight excluding hydrogens is 405 g/mol. The maximum absolute atomic E-state index is 12.0. The molecule has 0 spiro atoms. The number of rotatable bonds is 6. The van der Waals surface area contributed by atoms with Gasteiger partial charge in [0.1, 0.15) is 0 Å². The van der Waals surface area contributed by atoms with Crippen LogP contribution in [0.25, 0.3) is 0 Å². The molecule has 0 aliphatic carbocycles. The second-order valence-electron chi connectivity index (χ2n) is 4.01. The molecule has 0 amide bonds. The van der Waals surface area contributed by atoms with Crippen LogP contribution in [0.4, 0.5) is 0 Å². The molecule has 0 bridgehead atoms. The van der Waals surface area contributed by atoms with Gasteiger partial charge in [0.25, 0.3) is 0 Å². The SMILES string of the molecule is CC(CCBr)CNS(=O)(=O)c1ccc(Cl)c(Br)c1. The third-order valence-corrected chi connectivity index (χ3v) is 5.52. The molecule has 0 saturated heterocycles. The minimum absolute atomic E-state index is 0.213. The van der Waals surface area contributed by atoms with Crippen molar-refractivity contribution in [2.45, 2.75) is 18.2 Å². The van der Waals surface area contributed by atoms with Crippen LogP contribution in [-0.4, -0.2) is 20.3 Å². The summed E-state index contributed by atoms with van der Waals surface area (Å²) in [6.45, 7) is 2.43. The van der Waals surface area contributed by atoms with Gasteiger partial charge in [0.05, 0.1) is 9.92 Å². The molecule has 1 N–H and O–H groups in total. The normalized spacial score (nSPS) is 13.6. The third kappa shape index (κ3) is 4.81. The Hall–Kier alpha value is 0.380. The maximum Gasteiger partial charge on any atom is 0.240 e. The van der Waals surface area contributed by atoms with Crippen LogP contribution in [0.15, 0.2) is 27.6 Å². The van der Waals surface area contributed by atoms with Gasteiger partial charge in [-0.2, -0.15) is 0 Å². The zero-order valence-corrected chi connectivity index (χ0v) is 14.5. The number of benzene rings is 1. The quantitative estimate of drug-likeness (QED) is 0.713. The number of hydrogen-bond acceptors (Lipinski definition) is 2. The summed E-state index contributed by atoms with van der Waals surface area (Å²) in [4.78, 5) is 0.213. The summed E-state index contributed by atoms with van der Waals surface area (Å²) in [5, 5.41) is 1.35. The van der Waals surface area contributed by atoms with E-state index in [4.69, 9.17) is 11.6 Å². The van der Waals surface area contributed by atoms with Crippen LogP contribution < -0.4 is 4.72 Å². The van der Waals surface area contributed by atoms with Crippen LogP contribution in [0.5, 0.6) is 0 Å². The molecule has 102 valence electrons. The second-order valence-corrected chi connectivity index (χ2v) is 7.83. The minimum Gasteiger partial charge on any atom is -0.211 e. The summed E-state index contributed by atoms with van der Waals surface area (Å²) in [7, 11) is -3.47. The molecule has 1 unspecified atom stereocenters. The lowest BCUT2D eigenvalue weighted by Crippen LogP contribution is -2.28. The van der Waals surface area contributed by atoms with Crippen molar-refractivity contribution in [2.24, 2.45) is 5.92 Å². The summed E-state index contributed by atoms with van der Waals surface area (Å²) in [6.07, 6.45) is 0.923. The van der Waals surface area contributed by atoms with Crippen molar-refractivity contribution in [2.75, 3.05) is 11.9 Å². The van der Waals surface area contributed by atoms with Gasteiger partial charge in [-0.15, -0.1) is 0 Å². The van der Waals surface area contributed by atoms with Gasteiger partial charge in [0.2, 0.25) is 10.0 Å². The monoisotopic (exact) mass is 417 g/mol. The largest absolute Gasteiger partial charge is 0.240 e. The van der Waals surface area contributed by atoms with Gasteiger partial charge in [-0.05, 0) is 46.5 Å². The van der Waals surface area contributed by atoms with E-state index in [1.165, 1.54) is 12.1 Å². The van der Waals surface area contributed by atoms with E-state index in [1.54, 1.807) is 6.07 Å². The predicted molar refractivity (Wildman–Crippen MR) is 81.9 cm³/mol. The molecule has 1 atom stereocenters. The Morgan fingerprint density at radius 2 is 2.11 bits per heavy atom. The molecule has 0 radical (unpaired) electrons. The number of alkyl halides is 1. The molecule has 18 heavy (non-hydrogen) atoms. The van der Waals surface area contributed by atoms with Crippen LogP contribution in [0.3, 0.4) is 0 Å². The standard InChI is InChI=1S/C11H14Br2ClNO2S/c1-8(4-5-12)7-15-18(16,17)9-2-3-11(14)10(13)6-9/h2-3,6,8,15H,4-5,7H2,1H3.